The molecule has 0 aromatic heterocycles. The molecule has 2 aliphatic heterocycles. The van der Waals surface area contributed by atoms with Gasteiger partial charge >= 0.3 is 0 Å². The zero-order valence-corrected chi connectivity index (χ0v) is 17.0. The second kappa shape index (κ2) is 7.68. The molecule has 5 nitrogen and oxygen atoms in total. The Balaban J connectivity index is 1.50. The van der Waals surface area contributed by atoms with Crippen LogP contribution in [0.15, 0.2) is 48.5 Å². The van der Waals surface area contributed by atoms with Crippen LogP contribution in [0, 0.1) is 0 Å². The summed E-state index contributed by atoms with van der Waals surface area (Å²) in [5.41, 5.74) is 3.46. The normalized spacial score (nSPS) is 20.2. The highest BCUT2D eigenvalue weighted by Gasteiger charge is 2.31. The highest BCUT2D eigenvalue weighted by Crippen LogP contribution is 2.33. The third-order valence-electron chi connectivity index (χ3n) is 5.68. The molecule has 2 aliphatic rings. The van der Waals surface area contributed by atoms with Gasteiger partial charge in [-0.25, -0.2) is 12.7 Å². The standard InChI is InChI=1S/C22H26N2O3S/c1-17-15-20-7-3-4-8-21(20)24(17)22(25)19-11-9-18(10-12-19)16-28(26,27)23-13-5-2-6-14-23/h3-4,7-12,17H,2,5-6,13-16H2,1H3/t17-/m0/s1. The van der Waals surface area contributed by atoms with Crippen molar-refractivity contribution in [2.45, 2.75) is 44.4 Å². The lowest BCUT2D eigenvalue weighted by Crippen LogP contribution is -2.36. The summed E-state index contributed by atoms with van der Waals surface area (Å²) in [6.45, 7) is 3.29. The highest BCUT2D eigenvalue weighted by molar-refractivity contribution is 7.88. The van der Waals surface area contributed by atoms with E-state index in [1.807, 2.05) is 23.1 Å². The van der Waals surface area contributed by atoms with E-state index in [4.69, 9.17) is 0 Å². The summed E-state index contributed by atoms with van der Waals surface area (Å²) >= 11 is 0. The molecule has 0 unspecified atom stereocenters. The Labute approximate surface area is 167 Å². The maximum Gasteiger partial charge on any atom is 0.258 e. The van der Waals surface area contributed by atoms with E-state index in [0.717, 1.165) is 36.9 Å². The van der Waals surface area contributed by atoms with Gasteiger partial charge in [-0.1, -0.05) is 36.8 Å². The van der Waals surface area contributed by atoms with Crippen molar-refractivity contribution in [3.8, 4) is 0 Å². The van der Waals surface area contributed by atoms with Crippen LogP contribution in [0.2, 0.25) is 0 Å². The number of carbonyl (C=O) groups is 1. The van der Waals surface area contributed by atoms with Crippen LogP contribution in [0.4, 0.5) is 5.69 Å². The van der Waals surface area contributed by atoms with Crippen molar-refractivity contribution >= 4 is 21.6 Å². The quantitative estimate of drug-likeness (QED) is 0.791. The minimum absolute atomic E-state index is 0.00950. The molecule has 0 saturated carbocycles. The molecule has 1 fully saturated rings. The van der Waals surface area contributed by atoms with Gasteiger partial charge in [-0.3, -0.25) is 4.79 Å². The second-order valence-electron chi connectivity index (χ2n) is 7.77. The zero-order valence-electron chi connectivity index (χ0n) is 16.2. The molecule has 0 bridgehead atoms. The van der Waals surface area contributed by atoms with E-state index in [2.05, 4.69) is 13.0 Å². The largest absolute Gasteiger partial charge is 0.305 e. The van der Waals surface area contributed by atoms with Gasteiger partial charge in [0.1, 0.15) is 0 Å². The SMILES string of the molecule is C[C@H]1Cc2ccccc2N1C(=O)c1ccc(CS(=O)(=O)N2CCCCC2)cc1. The van der Waals surface area contributed by atoms with E-state index in [1.165, 1.54) is 5.56 Å². The molecule has 2 aromatic rings. The first-order chi connectivity index (χ1) is 13.5. The number of carbonyl (C=O) groups excluding carboxylic acids is 1. The van der Waals surface area contributed by atoms with Gasteiger partial charge in [-0.05, 0) is 55.5 Å². The Kier molecular flexibility index (Phi) is 5.25. The molecule has 28 heavy (non-hydrogen) atoms. The Morgan fingerprint density at radius 3 is 2.39 bits per heavy atom. The number of sulfonamides is 1. The second-order valence-corrected chi connectivity index (χ2v) is 9.74. The molecule has 1 amide bonds. The van der Waals surface area contributed by atoms with Crippen molar-refractivity contribution < 1.29 is 13.2 Å². The number of rotatable bonds is 4. The third-order valence-corrected chi connectivity index (χ3v) is 7.53. The summed E-state index contributed by atoms with van der Waals surface area (Å²) in [6, 6.07) is 15.1. The lowest BCUT2D eigenvalue weighted by atomic mass is 10.1. The first-order valence-electron chi connectivity index (χ1n) is 9.94. The Hall–Kier alpha value is -2.18. The number of hydrogen-bond acceptors (Lipinski definition) is 3. The zero-order chi connectivity index (χ0) is 19.7. The van der Waals surface area contributed by atoms with Gasteiger partial charge in [0, 0.05) is 30.4 Å². The predicted molar refractivity (Wildman–Crippen MR) is 111 cm³/mol. The number of anilines is 1. The summed E-state index contributed by atoms with van der Waals surface area (Å²) in [6.07, 6.45) is 3.82. The summed E-state index contributed by atoms with van der Waals surface area (Å²) in [7, 11) is -3.30. The molecule has 0 radical (unpaired) electrons. The number of amides is 1. The third kappa shape index (κ3) is 3.71. The van der Waals surface area contributed by atoms with Gasteiger partial charge in [0.2, 0.25) is 10.0 Å². The lowest BCUT2D eigenvalue weighted by Gasteiger charge is -2.26. The maximum absolute atomic E-state index is 13.1. The van der Waals surface area contributed by atoms with Crippen molar-refractivity contribution in [3.05, 3.63) is 65.2 Å². The Bertz CT molecular complexity index is 964. The Morgan fingerprint density at radius 1 is 1.00 bits per heavy atom. The van der Waals surface area contributed by atoms with Crippen LogP contribution in [0.5, 0.6) is 0 Å². The van der Waals surface area contributed by atoms with Gasteiger partial charge in [0.15, 0.2) is 0 Å². The van der Waals surface area contributed by atoms with Crippen LogP contribution in [0.1, 0.15) is 47.7 Å². The molecule has 2 heterocycles. The molecule has 0 spiro atoms. The minimum atomic E-state index is -3.30. The number of para-hydroxylation sites is 1. The van der Waals surface area contributed by atoms with Crippen molar-refractivity contribution in [2.75, 3.05) is 18.0 Å². The van der Waals surface area contributed by atoms with Crippen LogP contribution < -0.4 is 4.90 Å². The molecule has 0 N–H and O–H groups in total. The molecule has 4 rings (SSSR count). The van der Waals surface area contributed by atoms with Crippen LogP contribution in [-0.4, -0.2) is 37.8 Å². The van der Waals surface area contributed by atoms with Gasteiger partial charge in [0.05, 0.1) is 5.75 Å². The summed E-state index contributed by atoms with van der Waals surface area (Å²) in [5, 5.41) is 0. The van der Waals surface area contributed by atoms with Crippen molar-refractivity contribution in [2.24, 2.45) is 0 Å². The van der Waals surface area contributed by atoms with Crippen LogP contribution in [-0.2, 0) is 22.2 Å². The van der Waals surface area contributed by atoms with E-state index in [9.17, 15) is 13.2 Å². The fraction of sp³-hybridized carbons (Fsp3) is 0.409. The van der Waals surface area contributed by atoms with Gasteiger partial charge in [-0.15, -0.1) is 0 Å². The van der Waals surface area contributed by atoms with E-state index < -0.39 is 10.0 Å². The van der Waals surface area contributed by atoms with Crippen LogP contribution >= 0.6 is 0 Å². The summed E-state index contributed by atoms with van der Waals surface area (Å²) in [4.78, 5) is 14.9. The molecule has 0 aliphatic carbocycles. The Morgan fingerprint density at radius 2 is 1.68 bits per heavy atom. The fourth-order valence-corrected chi connectivity index (χ4v) is 5.81. The van der Waals surface area contributed by atoms with Crippen molar-refractivity contribution in [1.29, 1.82) is 0 Å². The molecule has 1 saturated heterocycles. The van der Waals surface area contributed by atoms with E-state index in [-0.39, 0.29) is 17.7 Å². The van der Waals surface area contributed by atoms with Crippen molar-refractivity contribution in [1.82, 2.24) is 4.31 Å². The van der Waals surface area contributed by atoms with E-state index in [1.54, 1.807) is 28.6 Å². The lowest BCUT2D eigenvalue weighted by molar-refractivity contribution is 0.0981. The van der Waals surface area contributed by atoms with E-state index in [0.29, 0.717) is 18.7 Å². The maximum atomic E-state index is 13.1. The molecular weight excluding hydrogens is 372 g/mol. The number of benzene rings is 2. The summed E-state index contributed by atoms with van der Waals surface area (Å²) < 4.78 is 26.8. The van der Waals surface area contributed by atoms with Gasteiger partial charge in [0.25, 0.3) is 5.91 Å². The van der Waals surface area contributed by atoms with Crippen LogP contribution in [0.25, 0.3) is 0 Å². The number of hydrogen-bond donors (Lipinski definition) is 0. The molecule has 2 aromatic carbocycles. The monoisotopic (exact) mass is 398 g/mol. The van der Waals surface area contributed by atoms with Gasteiger partial charge < -0.3 is 4.90 Å². The topological polar surface area (TPSA) is 57.7 Å². The highest BCUT2D eigenvalue weighted by atomic mass is 32.2. The summed E-state index contributed by atoms with van der Waals surface area (Å²) in [5.74, 6) is -0.0485. The first-order valence-corrected chi connectivity index (χ1v) is 11.5. The average molecular weight is 399 g/mol. The number of piperidine rings is 1. The van der Waals surface area contributed by atoms with Gasteiger partial charge in [-0.2, -0.15) is 0 Å². The molecule has 6 heteroatoms. The average Bonchev–Trinajstić information content (AvgIpc) is 3.04. The molecular formula is C22H26N2O3S. The fourth-order valence-electron chi connectivity index (χ4n) is 4.20. The van der Waals surface area contributed by atoms with Crippen molar-refractivity contribution in [3.63, 3.8) is 0 Å². The van der Waals surface area contributed by atoms with Crippen LogP contribution in [0.3, 0.4) is 0 Å². The number of nitrogens with zero attached hydrogens (tertiary/aromatic N) is 2. The predicted octanol–water partition coefficient (Wildman–Crippen LogP) is 3.59. The smallest absolute Gasteiger partial charge is 0.258 e. The number of fused-ring (bicyclic) bond motifs is 1. The molecule has 1 atom stereocenters. The van der Waals surface area contributed by atoms with E-state index >= 15 is 0 Å². The first kappa shape index (κ1) is 19.2. The minimum Gasteiger partial charge on any atom is -0.305 e. The molecule has 148 valence electrons.